The fraction of sp³-hybridized carbons (Fsp3) is 1.00. The maximum absolute atomic E-state index is 10.2. The molecule has 0 aliphatic heterocycles. The average molecular weight is 432 g/mol. The molecule has 0 amide bonds. The molecule has 2 N–H and O–H groups in total. The first-order valence-electron chi connectivity index (χ1n) is 10.6. The quantitative estimate of drug-likeness (QED) is 0.143. The van der Waals surface area contributed by atoms with Crippen molar-refractivity contribution in [1.29, 1.82) is 0 Å². The molecule has 0 spiro atoms. The summed E-state index contributed by atoms with van der Waals surface area (Å²) in [6.07, 6.45) is 15.0. The van der Waals surface area contributed by atoms with Crippen LogP contribution in [0.2, 0.25) is 0 Å². The van der Waals surface area contributed by atoms with Crippen LogP contribution in [-0.2, 0) is 13.8 Å². The van der Waals surface area contributed by atoms with Crippen molar-refractivity contribution in [3.8, 4) is 0 Å². The van der Waals surface area contributed by atoms with E-state index in [0.717, 1.165) is 12.8 Å². The van der Waals surface area contributed by atoms with E-state index >= 15 is 0 Å². The number of unbranched alkanes of at least 4 members (excludes halogenated alkanes) is 11. The molecule has 0 aromatic heterocycles. The van der Waals surface area contributed by atoms with Gasteiger partial charge in [-0.25, -0.2) is 0 Å². The first kappa shape index (κ1) is 31.2. The number of hydrogen-bond donors (Lipinski definition) is 2. The van der Waals surface area contributed by atoms with Gasteiger partial charge in [0.15, 0.2) is 0 Å². The summed E-state index contributed by atoms with van der Waals surface area (Å²) < 4.78 is 19.7. The van der Waals surface area contributed by atoms with Crippen molar-refractivity contribution in [2.24, 2.45) is 0 Å². The second-order valence-electron chi connectivity index (χ2n) is 7.10. The predicted molar refractivity (Wildman–Crippen MR) is 104 cm³/mol. The zero-order valence-corrected chi connectivity index (χ0v) is 20.9. The molecule has 1 atom stereocenters. The van der Waals surface area contributed by atoms with Crippen molar-refractivity contribution >= 4 is 7.82 Å². The Morgan fingerprint density at radius 1 is 0.893 bits per heavy atom. The molecule has 9 heteroatoms. The number of phosphoric ester groups is 1. The molecule has 0 fully saturated rings. The Kier molecular flexibility index (Phi) is 25.2. The van der Waals surface area contributed by atoms with Crippen molar-refractivity contribution in [3.05, 3.63) is 0 Å². The molecule has 0 saturated carbocycles. The van der Waals surface area contributed by atoms with Gasteiger partial charge in [-0.3, -0.25) is 0 Å². The van der Waals surface area contributed by atoms with Gasteiger partial charge in [0.2, 0.25) is 0 Å². The van der Waals surface area contributed by atoms with E-state index in [1.54, 1.807) is 0 Å². The Balaban J connectivity index is 0. The van der Waals surface area contributed by atoms with Crippen molar-refractivity contribution in [2.45, 2.75) is 90.1 Å². The molecule has 0 aliphatic carbocycles. The SMILES string of the molecule is CCCCCCCCCCCCCCOCC(O)CNCCOP(=O)([O-])[O-].[Na+]. The van der Waals surface area contributed by atoms with Gasteiger partial charge >= 0.3 is 29.6 Å². The van der Waals surface area contributed by atoms with Crippen LogP contribution in [0.4, 0.5) is 0 Å². The van der Waals surface area contributed by atoms with Crippen LogP contribution in [0.5, 0.6) is 0 Å². The molecular weight excluding hydrogens is 392 g/mol. The van der Waals surface area contributed by atoms with Gasteiger partial charge in [0.05, 0.1) is 27.1 Å². The summed E-state index contributed by atoms with van der Waals surface area (Å²) >= 11 is 0. The van der Waals surface area contributed by atoms with Gasteiger partial charge in [0.1, 0.15) is 0 Å². The molecule has 7 nitrogen and oxygen atoms in total. The van der Waals surface area contributed by atoms with E-state index in [-0.39, 0.29) is 55.9 Å². The number of hydrogen-bond acceptors (Lipinski definition) is 7. The molecule has 0 saturated heterocycles. The van der Waals surface area contributed by atoms with E-state index < -0.39 is 13.9 Å². The topological polar surface area (TPSA) is 114 Å². The van der Waals surface area contributed by atoms with Gasteiger partial charge in [0, 0.05) is 19.7 Å². The first-order valence-corrected chi connectivity index (χ1v) is 12.0. The minimum atomic E-state index is -4.90. The van der Waals surface area contributed by atoms with Crippen molar-refractivity contribution < 1.29 is 58.3 Å². The van der Waals surface area contributed by atoms with Crippen molar-refractivity contribution in [3.63, 3.8) is 0 Å². The third-order valence-electron chi connectivity index (χ3n) is 4.36. The Bertz CT molecular complexity index is 359. The van der Waals surface area contributed by atoms with E-state index in [9.17, 15) is 19.5 Å². The maximum atomic E-state index is 10.2. The molecule has 0 aromatic carbocycles. The summed E-state index contributed by atoms with van der Waals surface area (Å²) in [5.41, 5.74) is 0. The molecule has 28 heavy (non-hydrogen) atoms. The maximum Gasteiger partial charge on any atom is 1.00 e. The van der Waals surface area contributed by atoms with Gasteiger partial charge in [-0.1, -0.05) is 77.6 Å². The standard InChI is InChI=1S/C19H42NO6P.Na/c1-2-3-4-5-6-7-8-9-10-11-12-13-15-25-18-19(21)17-20-14-16-26-27(22,23)24;/h19-21H,2-18H2,1H3,(H2,22,23,24);/q;+1/p-2. The van der Waals surface area contributed by atoms with E-state index in [2.05, 4.69) is 16.8 Å². The average Bonchev–Trinajstić information content (AvgIpc) is 2.60. The Morgan fingerprint density at radius 2 is 1.39 bits per heavy atom. The fourth-order valence-electron chi connectivity index (χ4n) is 2.82. The fourth-order valence-corrected chi connectivity index (χ4v) is 3.14. The second-order valence-corrected chi connectivity index (χ2v) is 8.26. The van der Waals surface area contributed by atoms with Crippen LogP contribution in [0, 0.1) is 0 Å². The van der Waals surface area contributed by atoms with Crippen LogP contribution in [-0.4, -0.2) is 44.1 Å². The summed E-state index contributed by atoms with van der Waals surface area (Å²) in [5, 5.41) is 12.5. The van der Waals surface area contributed by atoms with E-state index in [4.69, 9.17) is 4.74 Å². The minimum Gasteiger partial charge on any atom is -0.790 e. The molecule has 0 radical (unpaired) electrons. The van der Waals surface area contributed by atoms with Gasteiger partial charge in [-0.05, 0) is 6.42 Å². The van der Waals surface area contributed by atoms with Gasteiger partial charge in [-0.2, -0.15) is 0 Å². The smallest absolute Gasteiger partial charge is 0.790 e. The van der Waals surface area contributed by atoms with Crippen LogP contribution in [0.15, 0.2) is 0 Å². The number of aliphatic hydroxyl groups excluding tert-OH is 1. The number of ether oxygens (including phenoxy) is 1. The second kappa shape index (κ2) is 22.7. The Morgan fingerprint density at radius 3 is 1.89 bits per heavy atom. The summed E-state index contributed by atoms with van der Waals surface area (Å²) in [4.78, 5) is 20.5. The normalized spacial score (nSPS) is 12.7. The molecule has 164 valence electrons. The van der Waals surface area contributed by atoms with Gasteiger partial charge in [-0.15, -0.1) is 0 Å². The van der Waals surface area contributed by atoms with Crippen LogP contribution < -0.4 is 44.7 Å². The zero-order chi connectivity index (χ0) is 20.2. The monoisotopic (exact) mass is 432 g/mol. The summed E-state index contributed by atoms with van der Waals surface area (Å²) in [6, 6.07) is 0. The van der Waals surface area contributed by atoms with Crippen LogP contribution >= 0.6 is 7.82 Å². The molecule has 0 heterocycles. The summed E-state index contributed by atoms with van der Waals surface area (Å²) in [5.74, 6) is 0. The Labute approximate surface area is 193 Å². The molecule has 0 bridgehead atoms. The number of nitrogens with one attached hydrogen (secondary N) is 1. The van der Waals surface area contributed by atoms with Crippen LogP contribution in [0.3, 0.4) is 0 Å². The molecule has 0 aromatic rings. The summed E-state index contributed by atoms with van der Waals surface area (Å²) in [6.45, 7) is 3.37. The third-order valence-corrected chi connectivity index (χ3v) is 4.86. The minimum absolute atomic E-state index is 0. The van der Waals surface area contributed by atoms with E-state index in [1.807, 2.05) is 0 Å². The van der Waals surface area contributed by atoms with Crippen LogP contribution in [0.1, 0.15) is 84.0 Å². The number of rotatable bonds is 21. The van der Waals surface area contributed by atoms with Crippen molar-refractivity contribution in [1.82, 2.24) is 5.32 Å². The molecule has 0 rings (SSSR count). The number of phosphoric acid groups is 1. The zero-order valence-electron chi connectivity index (χ0n) is 18.0. The summed E-state index contributed by atoms with van der Waals surface area (Å²) in [7, 11) is -4.90. The van der Waals surface area contributed by atoms with Crippen molar-refractivity contribution in [2.75, 3.05) is 32.9 Å². The van der Waals surface area contributed by atoms with Crippen LogP contribution in [0.25, 0.3) is 0 Å². The largest absolute Gasteiger partial charge is 1.00 e. The Hall–Kier alpha value is 0.990. The first-order chi connectivity index (χ1) is 13.0. The molecular formula is C19H40NNaO6P-. The third kappa shape index (κ3) is 27.0. The predicted octanol–water partition coefficient (Wildman–Crippen LogP) is -0.496. The molecule has 0 aliphatic rings. The van der Waals surface area contributed by atoms with E-state index in [0.29, 0.717) is 6.61 Å². The molecule has 1 unspecified atom stereocenters. The van der Waals surface area contributed by atoms with Gasteiger partial charge < -0.3 is 34.0 Å². The van der Waals surface area contributed by atoms with E-state index in [1.165, 1.54) is 64.2 Å². The number of aliphatic hydroxyl groups is 1. The van der Waals surface area contributed by atoms with Gasteiger partial charge in [0.25, 0.3) is 0 Å².